The van der Waals surface area contributed by atoms with Crippen LogP contribution in [0.3, 0.4) is 0 Å². The van der Waals surface area contributed by atoms with E-state index in [2.05, 4.69) is 17.6 Å². The van der Waals surface area contributed by atoms with E-state index < -0.39 is 0 Å². The van der Waals surface area contributed by atoms with Gasteiger partial charge in [0, 0.05) is 12.6 Å². The van der Waals surface area contributed by atoms with E-state index in [-0.39, 0.29) is 30.5 Å². The zero-order valence-corrected chi connectivity index (χ0v) is 12.1. The van der Waals surface area contributed by atoms with Gasteiger partial charge in [0.05, 0.1) is 12.7 Å². The van der Waals surface area contributed by atoms with Crippen molar-refractivity contribution < 1.29 is 9.53 Å². The molecule has 1 aliphatic heterocycles. The lowest BCUT2D eigenvalue weighted by Gasteiger charge is -2.31. The van der Waals surface area contributed by atoms with Gasteiger partial charge < -0.3 is 15.4 Å². The van der Waals surface area contributed by atoms with Gasteiger partial charge in [0.15, 0.2) is 0 Å². The smallest absolute Gasteiger partial charge is 0.240 e. The lowest BCUT2D eigenvalue weighted by atomic mass is 9.99. The van der Waals surface area contributed by atoms with E-state index in [1.807, 2.05) is 6.92 Å². The van der Waals surface area contributed by atoms with Crippen LogP contribution in [0.25, 0.3) is 0 Å². The average Bonchev–Trinajstić information content (AvgIpc) is 2.82. The fourth-order valence-corrected chi connectivity index (χ4v) is 2.92. The number of hydrogen-bond donors (Lipinski definition) is 2. The summed E-state index contributed by atoms with van der Waals surface area (Å²) in [6, 6.07) is 0.105. The molecule has 18 heavy (non-hydrogen) atoms. The minimum Gasteiger partial charge on any atom is -0.375 e. The summed E-state index contributed by atoms with van der Waals surface area (Å²) in [4.78, 5) is 12.1. The molecule has 2 fully saturated rings. The van der Waals surface area contributed by atoms with Gasteiger partial charge in [-0.25, -0.2) is 0 Å². The Bertz CT molecular complexity index is 270. The molecule has 0 spiro atoms. The molecule has 1 aliphatic carbocycles. The summed E-state index contributed by atoms with van der Waals surface area (Å²) < 4.78 is 5.50. The fraction of sp³-hybridized carbons (Fsp3) is 0.923. The zero-order chi connectivity index (χ0) is 12.3. The average molecular weight is 277 g/mol. The minimum absolute atomic E-state index is 0. The van der Waals surface area contributed by atoms with Crippen LogP contribution in [-0.2, 0) is 9.53 Å². The third-order valence-corrected chi connectivity index (χ3v) is 4.08. The summed E-state index contributed by atoms with van der Waals surface area (Å²) in [6.07, 6.45) is 5.11. The number of amides is 1. The van der Waals surface area contributed by atoms with E-state index in [9.17, 15) is 4.79 Å². The Labute approximate surface area is 116 Å². The molecule has 0 bridgehead atoms. The predicted molar refractivity (Wildman–Crippen MR) is 74.0 cm³/mol. The molecule has 0 aromatic rings. The molecule has 1 heterocycles. The number of nitrogens with one attached hydrogen (secondary N) is 2. The van der Waals surface area contributed by atoms with Crippen LogP contribution in [0, 0.1) is 5.92 Å². The molecule has 5 heteroatoms. The van der Waals surface area contributed by atoms with Gasteiger partial charge >= 0.3 is 0 Å². The van der Waals surface area contributed by atoms with Crippen molar-refractivity contribution >= 4 is 18.3 Å². The predicted octanol–water partition coefficient (Wildman–Crippen LogP) is 1.48. The first-order valence-corrected chi connectivity index (χ1v) is 6.84. The number of rotatable bonds is 3. The number of hydrogen-bond acceptors (Lipinski definition) is 3. The Balaban J connectivity index is 0.00000162. The van der Waals surface area contributed by atoms with Crippen LogP contribution < -0.4 is 10.6 Å². The van der Waals surface area contributed by atoms with E-state index in [1.165, 1.54) is 25.7 Å². The minimum atomic E-state index is -0.187. The van der Waals surface area contributed by atoms with Gasteiger partial charge in [0.25, 0.3) is 0 Å². The van der Waals surface area contributed by atoms with Gasteiger partial charge in [-0.3, -0.25) is 4.79 Å². The maximum Gasteiger partial charge on any atom is 0.240 e. The van der Waals surface area contributed by atoms with Gasteiger partial charge in [-0.15, -0.1) is 12.4 Å². The third-order valence-electron chi connectivity index (χ3n) is 4.08. The largest absolute Gasteiger partial charge is 0.375 e. The van der Waals surface area contributed by atoms with Gasteiger partial charge in [-0.2, -0.15) is 0 Å². The lowest BCUT2D eigenvalue weighted by Crippen LogP contribution is -2.57. The Morgan fingerprint density at radius 1 is 1.39 bits per heavy atom. The molecule has 0 aromatic carbocycles. The van der Waals surface area contributed by atoms with E-state index in [4.69, 9.17) is 4.74 Å². The molecule has 2 N–H and O–H groups in total. The van der Waals surface area contributed by atoms with Crippen LogP contribution in [0.2, 0.25) is 0 Å². The number of ether oxygens (including phenoxy) is 1. The maximum atomic E-state index is 12.1. The highest BCUT2D eigenvalue weighted by atomic mass is 35.5. The molecule has 0 radical (unpaired) electrons. The molecule has 4 nitrogen and oxygen atoms in total. The fourth-order valence-electron chi connectivity index (χ4n) is 2.92. The van der Waals surface area contributed by atoms with Gasteiger partial charge in [0.1, 0.15) is 6.04 Å². The SMILES string of the molecule is CC(NC(=O)[C@H]1NCCO[C@@H]1C)C1CCCC1.Cl. The van der Waals surface area contributed by atoms with E-state index in [0.29, 0.717) is 18.6 Å². The molecule has 1 saturated carbocycles. The van der Waals surface area contributed by atoms with Crippen LogP contribution in [-0.4, -0.2) is 37.2 Å². The van der Waals surface area contributed by atoms with Gasteiger partial charge in [0.2, 0.25) is 5.91 Å². The normalized spacial score (nSPS) is 30.6. The summed E-state index contributed by atoms with van der Waals surface area (Å²) >= 11 is 0. The Morgan fingerprint density at radius 2 is 2.06 bits per heavy atom. The van der Waals surface area contributed by atoms with Crippen molar-refractivity contribution in [2.24, 2.45) is 5.92 Å². The third kappa shape index (κ3) is 3.84. The van der Waals surface area contributed by atoms with Crippen molar-refractivity contribution in [3.63, 3.8) is 0 Å². The van der Waals surface area contributed by atoms with E-state index in [1.54, 1.807) is 0 Å². The first kappa shape index (κ1) is 15.7. The van der Waals surface area contributed by atoms with Crippen LogP contribution in [0.4, 0.5) is 0 Å². The Morgan fingerprint density at radius 3 is 2.67 bits per heavy atom. The summed E-state index contributed by atoms with van der Waals surface area (Å²) in [7, 11) is 0. The molecule has 1 unspecified atom stereocenters. The molecule has 1 amide bonds. The Kier molecular flexibility index (Phi) is 6.39. The molecule has 106 valence electrons. The highest BCUT2D eigenvalue weighted by Gasteiger charge is 2.30. The second-order valence-corrected chi connectivity index (χ2v) is 5.35. The highest BCUT2D eigenvalue weighted by Crippen LogP contribution is 2.27. The lowest BCUT2D eigenvalue weighted by molar-refractivity contribution is -0.129. The van der Waals surface area contributed by atoms with E-state index in [0.717, 1.165) is 6.54 Å². The van der Waals surface area contributed by atoms with Crippen molar-refractivity contribution in [3.05, 3.63) is 0 Å². The van der Waals surface area contributed by atoms with Crippen LogP contribution >= 0.6 is 12.4 Å². The van der Waals surface area contributed by atoms with Crippen LogP contribution in [0.5, 0.6) is 0 Å². The Hall–Kier alpha value is -0.320. The standard InChI is InChI=1S/C13H24N2O2.ClH/c1-9(11-5-3-4-6-11)15-13(16)12-10(2)17-8-7-14-12;/h9-12,14H,3-8H2,1-2H3,(H,15,16);1H/t9?,10-,12+;/m1./s1. The second-order valence-electron chi connectivity index (χ2n) is 5.35. The van der Waals surface area contributed by atoms with E-state index >= 15 is 0 Å². The summed E-state index contributed by atoms with van der Waals surface area (Å²) in [5.41, 5.74) is 0. The topological polar surface area (TPSA) is 50.4 Å². The number of halogens is 1. The number of carbonyl (C=O) groups is 1. The first-order valence-electron chi connectivity index (χ1n) is 6.84. The molecular weight excluding hydrogens is 252 g/mol. The van der Waals surface area contributed by atoms with Crippen molar-refractivity contribution in [2.45, 2.75) is 57.7 Å². The molecular formula is C13H25ClN2O2. The first-order chi connectivity index (χ1) is 8.18. The maximum absolute atomic E-state index is 12.1. The van der Waals surface area contributed by atoms with Crippen molar-refractivity contribution in [1.82, 2.24) is 10.6 Å². The van der Waals surface area contributed by atoms with Crippen molar-refractivity contribution in [2.75, 3.05) is 13.2 Å². The highest BCUT2D eigenvalue weighted by molar-refractivity contribution is 5.85. The zero-order valence-electron chi connectivity index (χ0n) is 11.3. The molecule has 1 saturated heterocycles. The number of morpholine rings is 1. The summed E-state index contributed by atoms with van der Waals surface area (Å²) in [6.45, 7) is 5.54. The monoisotopic (exact) mass is 276 g/mol. The summed E-state index contributed by atoms with van der Waals surface area (Å²) in [5.74, 6) is 0.760. The number of carbonyl (C=O) groups excluding carboxylic acids is 1. The summed E-state index contributed by atoms with van der Waals surface area (Å²) in [5, 5.41) is 6.37. The second kappa shape index (κ2) is 7.31. The van der Waals surface area contributed by atoms with Crippen LogP contribution in [0.15, 0.2) is 0 Å². The molecule has 0 aromatic heterocycles. The molecule has 2 aliphatic rings. The quantitative estimate of drug-likeness (QED) is 0.821. The molecule has 3 atom stereocenters. The molecule has 2 rings (SSSR count). The van der Waals surface area contributed by atoms with Crippen LogP contribution in [0.1, 0.15) is 39.5 Å². The van der Waals surface area contributed by atoms with Gasteiger partial charge in [-0.1, -0.05) is 12.8 Å². The van der Waals surface area contributed by atoms with Gasteiger partial charge in [-0.05, 0) is 32.6 Å². The van der Waals surface area contributed by atoms with Crippen molar-refractivity contribution in [1.29, 1.82) is 0 Å². The van der Waals surface area contributed by atoms with Crippen molar-refractivity contribution in [3.8, 4) is 0 Å².